The minimum absolute atomic E-state index is 0.728. The Labute approximate surface area is 101 Å². The van der Waals surface area contributed by atoms with Gasteiger partial charge < -0.3 is 4.74 Å². The minimum atomic E-state index is 0.728. The van der Waals surface area contributed by atoms with Gasteiger partial charge in [0, 0.05) is 11.1 Å². The van der Waals surface area contributed by atoms with E-state index in [-0.39, 0.29) is 0 Å². The number of hydrogen-bond donors (Lipinski definition) is 0. The van der Waals surface area contributed by atoms with Crippen LogP contribution < -0.4 is 0 Å². The van der Waals surface area contributed by atoms with Crippen molar-refractivity contribution in [1.82, 2.24) is 0 Å². The smallest absolute Gasteiger partial charge is 0.0717 e. The van der Waals surface area contributed by atoms with Gasteiger partial charge in [-0.15, -0.1) is 0 Å². The fourth-order valence-corrected chi connectivity index (χ4v) is 1.89. The zero-order chi connectivity index (χ0) is 10.9. The van der Waals surface area contributed by atoms with Crippen molar-refractivity contribution in [2.45, 2.75) is 39.2 Å². The van der Waals surface area contributed by atoms with E-state index in [1.165, 1.54) is 31.2 Å². The van der Waals surface area contributed by atoms with Crippen LogP contribution >= 0.6 is 15.9 Å². The van der Waals surface area contributed by atoms with Crippen LogP contribution in [0.5, 0.6) is 0 Å². The van der Waals surface area contributed by atoms with Gasteiger partial charge in [0.1, 0.15) is 0 Å². The van der Waals surface area contributed by atoms with Crippen molar-refractivity contribution >= 4 is 15.9 Å². The maximum absolute atomic E-state index is 5.60. The Morgan fingerprint density at radius 1 is 1.20 bits per heavy atom. The number of rotatable bonds is 7. The average Bonchev–Trinajstić information content (AvgIpc) is 2.23. The lowest BCUT2D eigenvalue weighted by Crippen LogP contribution is -1.95. The zero-order valence-corrected chi connectivity index (χ0v) is 10.9. The third kappa shape index (κ3) is 5.95. The first kappa shape index (κ1) is 12.7. The highest BCUT2D eigenvalue weighted by Crippen LogP contribution is 2.12. The molecule has 0 radical (unpaired) electrons. The van der Waals surface area contributed by atoms with Crippen molar-refractivity contribution in [2.75, 3.05) is 6.61 Å². The van der Waals surface area contributed by atoms with Gasteiger partial charge in [0.15, 0.2) is 0 Å². The first-order chi connectivity index (χ1) is 7.33. The monoisotopic (exact) mass is 270 g/mol. The SMILES string of the molecule is CCCCCCOCc1cccc(Br)c1. The molecule has 1 nitrogen and oxygen atoms in total. The largest absolute Gasteiger partial charge is 0.377 e. The van der Waals surface area contributed by atoms with Crippen LogP contribution in [0.3, 0.4) is 0 Å². The summed E-state index contributed by atoms with van der Waals surface area (Å²) >= 11 is 3.45. The van der Waals surface area contributed by atoms with E-state index in [9.17, 15) is 0 Å². The van der Waals surface area contributed by atoms with Crippen molar-refractivity contribution in [3.63, 3.8) is 0 Å². The highest BCUT2D eigenvalue weighted by molar-refractivity contribution is 9.10. The molecule has 0 fully saturated rings. The number of hydrogen-bond acceptors (Lipinski definition) is 1. The molecule has 0 heterocycles. The molecule has 1 aromatic rings. The zero-order valence-electron chi connectivity index (χ0n) is 9.34. The normalized spacial score (nSPS) is 10.5. The Bertz CT molecular complexity index is 273. The summed E-state index contributed by atoms with van der Waals surface area (Å²) in [5.41, 5.74) is 1.24. The number of benzene rings is 1. The molecule has 0 aliphatic rings. The summed E-state index contributed by atoms with van der Waals surface area (Å²) in [5.74, 6) is 0. The molecule has 0 aliphatic carbocycles. The summed E-state index contributed by atoms with van der Waals surface area (Å²) < 4.78 is 6.72. The van der Waals surface area contributed by atoms with E-state index in [1.54, 1.807) is 0 Å². The maximum Gasteiger partial charge on any atom is 0.0717 e. The van der Waals surface area contributed by atoms with Gasteiger partial charge in [-0.2, -0.15) is 0 Å². The Morgan fingerprint density at radius 2 is 2.07 bits per heavy atom. The fraction of sp³-hybridized carbons (Fsp3) is 0.538. The van der Waals surface area contributed by atoms with Gasteiger partial charge in [-0.1, -0.05) is 54.2 Å². The lowest BCUT2D eigenvalue weighted by molar-refractivity contribution is 0.117. The summed E-state index contributed by atoms with van der Waals surface area (Å²) in [5, 5.41) is 0. The molecule has 1 aromatic carbocycles. The summed E-state index contributed by atoms with van der Waals surface area (Å²) in [4.78, 5) is 0. The molecule has 1 rings (SSSR count). The second kappa shape index (κ2) is 7.89. The number of halogens is 1. The third-order valence-corrected chi connectivity index (χ3v) is 2.79. The van der Waals surface area contributed by atoms with E-state index in [0.717, 1.165) is 17.7 Å². The van der Waals surface area contributed by atoms with Gasteiger partial charge in [-0.3, -0.25) is 0 Å². The summed E-state index contributed by atoms with van der Waals surface area (Å²) in [6.45, 7) is 3.83. The average molecular weight is 271 g/mol. The van der Waals surface area contributed by atoms with Crippen molar-refractivity contribution in [2.24, 2.45) is 0 Å². The van der Waals surface area contributed by atoms with Crippen molar-refractivity contribution in [3.8, 4) is 0 Å². The van der Waals surface area contributed by atoms with E-state index in [1.807, 2.05) is 12.1 Å². The van der Waals surface area contributed by atoms with Gasteiger partial charge in [-0.25, -0.2) is 0 Å². The lowest BCUT2D eigenvalue weighted by atomic mass is 10.2. The fourth-order valence-electron chi connectivity index (χ4n) is 1.45. The predicted octanol–water partition coefficient (Wildman–Crippen LogP) is 4.55. The predicted molar refractivity (Wildman–Crippen MR) is 67.9 cm³/mol. The molecule has 15 heavy (non-hydrogen) atoms. The van der Waals surface area contributed by atoms with Crippen LogP contribution in [0.4, 0.5) is 0 Å². The maximum atomic E-state index is 5.60. The summed E-state index contributed by atoms with van der Waals surface area (Å²) in [6.07, 6.45) is 5.07. The van der Waals surface area contributed by atoms with Crippen LogP contribution in [0.1, 0.15) is 38.2 Å². The third-order valence-electron chi connectivity index (χ3n) is 2.30. The molecule has 0 aromatic heterocycles. The molecule has 0 atom stereocenters. The second-order valence-electron chi connectivity index (χ2n) is 3.74. The molecule has 0 amide bonds. The van der Waals surface area contributed by atoms with Crippen LogP contribution in [-0.2, 0) is 11.3 Å². The molecule has 0 unspecified atom stereocenters. The molecule has 0 spiro atoms. The Balaban J connectivity index is 2.10. The Morgan fingerprint density at radius 3 is 2.80 bits per heavy atom. The highest BCUT2D eigenvalue weighted by Gasteiger charge is 1.94. The van der Waals surface area contributed by atoms with Crippen LogP contribution in [0.25, 0.3) is 0 Å². The van der Waals surface area contributed by atoms with E-state index < -0.39 is 0 Å². The molecule has 0 bridgehead atoms. The van der Waals surface area contributed by atoms with Crippen LogP contribution in [0.15, 0.2) is 28.7 Å². The second-order valence-corrected chi connectivity index (χ2v) is 4.66. The van der Waals surface area contributed by atoms with E-state index in [4.69, 9.17) is 4.74 Å². The quantitative estimate of drug-likeness (QED) is 0.661. The molecule has 2 heteroatoms. The molecule has 0 N–H and O–H groups in total. The molecule has 0 aliphatic heterocycles. The van der Waals surface area contributed by atoms with Gasteiger partial charge in [-0.05, 0) is 24.1 Å². The molecular formula is C13H19BrO. The first-order valence-electron chi connectivity index (χ1n) is 5.65. The van der Waals surface area contributed by atoms with E-state index in [0.29, 0.717) is 0 Å². The molecule has 0 saturated carbocycles. The van der Waals surface area contributed by atoms with Gasteiger partial charge in [0.25, 0.3) is 0 Å². The Kier molecular flexibility index (Phi) is 6.69. The van der Waals surface area contributed by atoms with Crippen LogP contribution in [0, 0.1) is 0 Å². The van der Waals surface area contributed by atoms with Crippen LogP contribution in [0.2, 0.25) is 0 Å². The Hall–Kier alpha value is -0.340. The van der Waals surface area contributed by atoms with Crippen LogP contribution in [-0.4, -0.2) is 6.61 Å². The van der Waals surface area contributed by atoms with E-state index in [2.05, 4.69) is 35.0 Å². The standard InChI is InChI=1S/C13H19BrO/c1-2-3-4-5-9-15-11-12-7-6-8-13(14)10-12/h6-8,10H,2-5,9,11H2,1H3. The van der Waals surface area contributed by atoms with Crippen molar-refractivity contribution in [3.05, 3.63) is 34.3 Å². The number of unbranched alkanes of at least 4 members (excludes halogenated alkanes) is 3. The molecule has 0 saturated heterocycles. The first-order valence-corrected chi connectivity index (χ1v) is 6.44. The summed E-state index contributed by atoms with van der Waals surface area (Å²) in [7, 11) is 0. The molecular weight excluding hydrogens is 252 g/mol. The van der Waals surface area contributed by atoms with Crippen molar-refractivity contribution < 1.29 is 4.74 Å². The minimum Gasteiger partial charge on any atom is -0.377 e. The van der Waals surface area contributed by atoms with Gasteiger partial charge in [0.2, 0.25) is 0 Å². The topological polar surface area (TPSA) is 9.23 Å². The number of ether oxygens (including phenoxy) is 1. The van der Waals surface area contributed by atoms with E-state index >= 15 is 0 Å². The molecule has 84 valence electrons. The van der Waals surface area contributed by atoms with Gasteiger partial charge in [0.05, 0.1) is 6.61 Å². The van der Waals surface area contributed by atoms with Gasteiger partial charge >= 0.3 is 0 Å². The summed E-state index contributed by atoms with van der Waals surface area (Å²) in [6, 6.07) is 8.27. The highest BCUT2D eigenvalue weighted by atomic mass is 79.9. The lowest BCUT2D eigenvalue weighted by Gasteiger charge is -2.04. The van der Waals surface area contributed by atoms with Crippen molar-refractivity contribution in [1.29, 1.82) is 0 Å².